The molecule has 0 aromatic heterocycles. The summed E-state index contributed by atoms with van der Waals surface area (Å²) in [5.41, 5.74) is 1.55. The van der Waals surface area contributed by atoms with Gasteiger partial charge in [-0.05, 0) is 43.3 Å². The Morgan fingerprint density at radius 3 is 2.50 bits per heavy atom. The van der Waals surface area contributed by atoms with Crippen molar-refractivity contribution in [3.63, 3.8) is 0 Å². The van der Waals surface area contributed by atoms with Gasteiger partial charge < -0.3 is 10.6 Å². The van der Waals surface area contributed by atoms with E-state index in [2.05, 4.69) is 15.0 Å². The van der Waals surface area contributed by atoms with E-state index in [0.29, 0.717) is 16.9 Å². The van der Waals surface area contributed by atoms with Gasteiger partial charge in [0.2, 0.25) is 5.91 Å². The molecule has 134 valence electrons. The Kier molecular flexibility index (Phi) is 5.10. The molecule has 9 heteroatoms. The quantitative estimate of drug-likeness (QED) is 0.779. The van der Waals surface area contributed by atoms with Crippen LogP contribution in [0.25, 0.3) is 0 Å². The largest absolute Gasteiger partial charge is 0.333 e. The number of ketones is 1. The van der Waals surface area contributed by atoms with Crippen LogP contribution in [0.1, 0.15) is 17.3 Å². The van der Waals surface area contributed by atoms with Crippen molar-refractivity contribution in [2.75, 3.05) is 16.4 Å². The van der Waals surface area contributed by atoms with Gasteiger partial charge in [0.15, 0.2) is 11.0 Å². The molecule has 0 saturated carbocycles. The first kappa shape index (κ1) is 18.2. The molecule has 0 bridgehead atoms. The summed E-state index contributed by atoms with van der Waals surface area (Å²) in [7, 11) is -3.77. The van der Waals surface area contributed by atoms with E-state index in [4.69, 9.17) is 0 Å². The Balaban J connectivity index is 1.62. The number of hydrogen-bond donors (Lipinski definition) is 2. The molecular formula is C17H15N3O4S2. The summed E-state index contributed by atoms with van der Waals surface area (Å²) in [4.78, 5) is 23.4. The Morgan fingerprint density at radius 2 is 1.81 bits per heavy atom. The van der Waals surface area contributed by atoms with E-state index in [9.17, 15) is 18.0 Å². The summed E-state index contributed by atoms with van der Waals surface area (Å²) in [6, 6.07) is 13.0. The average molecular weight is 389 g/mol. The normalized spacial score (nSPS) is 14.6. The predicted molar refractivity (Wildman–Crippen MR) is 102 cm³/mol. The monoisotopic (exact) mass is 389 g/mol. The van der Waals surface area contributed by atoms with Gasteiger partial charge in [-0.2, -0.15) is 8.42 Å². The number of Topliss-reactive ketones (excluding diaryl/α,β-unsaturated/α-hetero) is 1. The van der Waals surface area contributed by atoms with Gasteiger partial charge in [0.25, 0.3) is 10.0 Å². The molecule has 0 saturated heterocycles. The molecule has 1 heterocycles. The molecular weight excluding hydrogens is 374 g/mol. The van der Waals surface area contributed by atoms with E-state index in [1.54, 1.807) is 42.5 Å². The maximum absolute atomic E-state index is 12.1. The van der Waals surface area contributed by atoms with Gasteiger partial charge in [0, 0.05) is 11.3 Å². The van der Waals surface area contributed by atoms with E-state index in [1.165, 1.54) is 13.0 Å². The van der Waals surface area contributed by atoms with E-state index >= 15 is 0 Å². The topological polar surface area (TPSA) is 105 Å². The van der Waals surface area contributed by atoms with Crippen molar-refractivity contribution in [1.29, 1.82) is 0 Å². The molecule has 26 heavy (non-hydrogen) atoms. The van der Waals surface area contributed by atoms with Crippen molar-refractivity contribution < 1.29 is 18.0 Å². The fourth-order valence-corrected chi connectivity index (χ4v) is 4.31. The SMILES string of the molecule is CC(=O)c1ccc(NC(=O)CSC2=NS(=O)(=O)c3ccccc3N2)cc1. The van der Waals surface area contributed by atoms with Crippen molar-refractivity contribution in [1.82, 2.24) is 0 Å². The average Bonchev–Trinajstić information content (AvgIpc) is 2.60. The summed E-state index contributed by atoms with van der Waals surface area (Å²) in [6.07, 6.45) is 0. The number of anilines is 2. The number of carbonyl (C=O) groups is 2. The minimum atomic E-state index is -3.77. The second-order valence-electron chi connectivity index (χ2n) is 5.46. The molecule has 1 aliphatic heterocycles. The third-order valence-electron chi connectivity index (χ3n) is 3.52. The maximum atomic E-state index is 12.1. The number of carbonyl (C=O) groups excluding carboxylic acids is 2. The zero-order valence-electron chi connectivity index (χ0n) is 13.7. The molecule has 3 rings (SSSR count). The number of thioether (sulfide) groups is 1. The lowest BCUT2D eigenvalue weighted by atomic mass is 10.1. The third-order valence-corrected chi connectivity index (χ3v) is 5.85. The summed E-state index contributed by atoms with van der Waals surface area (Å²) in [5.74, 6) is -0.384. The highest BCUT2D eigenvalue weighted by Gasteiger charge is 2.24. The number of amidine groups is 1. The highest BCUT2D eigenvalue weighted by atomic mass is 32.2. The molecule has 1 amide bonds. The van der Waals surface area contributed by atoms with Crippen LogP contribution >= 0.6 is 11.8 Å². The van der Waals surface area contributed by atoms with Crippen LogP contribution in [0.3, 0.4) is 0 Å². The Hall–Kier alpha value is -2.65. The van der Waals surface area contributed by atoms with Gasteiger partial charge in [0.1, 0.15) is 4.90 Å². The molecule has 7 nitrogen and oxygen atoms in total. The van der Waals surface area contributed by atoms with Gasteiger partial charge in [-0.1, -0.05) is 23.9 Å². The highest BCUT2D eigenvalue weighted by Crippen LogP contribution is 2.28. The minimum Gasteiger partial charge on any atom is -0.333 e. The van der Waals surface area contributed by atoms with E-state index in [0.717, 1.165) is 11.8 Å². The molecule has 1 aliphatic rings. The van der Waals surface area contributed by atoms with Crippen LogP contribution in [0.5, 0.6) is 0 Å². The lowest BCUT2D eigenvalue weighted by molar-refractivity contribution is -0.113. The molecule has 2 aromatic carbocycles. The number of fused-ring (bicyclic) bond motifs is 1. The lowest BCUT2D eigenvalue weighted by Crippen LogP contribution is -2.22. The van der Waals surface area contributed by atoms with Gasteiger partial charge in [0.05, 0.1) is 11.4 Å². The third kappa shape index (κ3) is 4.12. The number of nitrogens with one attached hydrogen (secondary N) is 2. The zero-order chi connectivity index (χ0) is 18.7. The van der Waals surface area contributed by atoms with Crippen molar-refractivity contribution in [2.45, 2.75) is 11.8 Å². The van der Waals surface area contributed by atoms with Crippen molar-refractivity contribution >= 4 is 50.0 Å². The Morgan fingerprint density at radius 1 is 1.12 bits per heavy atom. The molecule has 0 aliphatic carbocycles. The van der Waals surface area contributed by atoms with Crippen LogP contribution in [0.4, 0.5) is 11.4 Å². The van der Waals surface area contributed by atoms with Gasteiger partial charge in [-0.25, -0.2) is 0 Å². The summed E-state index contributed by atoms with van der Waals surface area (Å²) < 4.78 is 28.0. The molecule has 0 fully saturated rings. The molecule has 2 N–H and O–H groups in total. The van der Waals surface area contributed by atoms with Crippen LogP contribution in [-0.4, -0.2) is 31.0 Å². The van der Waals surface area contributed by atoms with Crippen LogP contribution in [0, 0.1) is 0 Å². The van der Waals surface area contributed by atoms with Crippen molar-refractivity contribution in [3.8, 4) is 0 Å². The first-order valence-electron chi connectivity index (χ1n) is 7.60. The molecule has 0 radical (unpaired) electrons. The van der Waals surface area contributed by atoms with Crippen LogP contribution in [-0.2, 0) is 14.8 Å². The van der Waals surface area contributed by atoms with Gasteiger partial charge in [-0.3, -0.25) is 9.59 Å². The first-order chi connectivity index (χ1) is 12.3. The second-order valence-corrected chi connectivity index (χ2v) is 8.00. The number of para-hydroxylation sites is 1. The molecule has 0 spiro atoms. The van der Waals surface area contributed by atoms with Crippen LogP contribution < -0.4 is 10.6 Å². The molecule has 2 aromatic rings. The standard InChI is InChI=1S/C17H15N3O4S2/c1-11(21)12-6-8-13(9-7-12)18-16(22)10-25-17-19-14-4-2-3-5-15(14)26(23,24)20-17/h2-9H,10H2,1H3,(H,18,22)(H,19,20). The van der Waals surface area contributed by atoms with Crippen LogP contribution in [0.15, 0.2) is 57.8 Å². The van der Waals surface area contributed by atoms with Gasteiger partial charge >= 0.3 is 0 Å². The Bertz CT molecular complexity index is 999. The fraction of sp³-hybridized carbons (Fsp3) is 0.118. The second kappa shape index (κ2) is 7.30. The Labute approximate surface area is 155 Å². The highest BCUT2D eigenvalue weighted by molar-refractivity contribution is 8.15. The fourth-order valence-electron chi connectivity index (χ4n) is 2.27. The number of nitrogens with zero attached hydrogens (tertiary/aromatic N) is 1. The van der Waals surface area contributed by atoms with Gasteiger partial charge in [-0.15, -0.1) is 4.40 Å². The summed E-state index contributed by atoms with van der Waals surface area (Å²) in [5, 5.41) is 5.74. The maximum Gasteiger partial charge on any atom is 0.286 e. The summed E-state index contributed by atoms with van der Waals surface area (Å²) >= 11 is 0.992. The molecule has 0 unspecified atom stereocenters. The van der Waals surface area contributed by atoms with Crippen molar-refractivity contribution in [3.05, 3.63) is 54.1 Å². The minimum absolute atomic E-state index is 0.0159. The van der Waals surface area contributed by atoms with E-state index < -0.39 is 10.0 Å². The number of hydrogen-bond acceptors (Lipinski definition) is 6. The molecule has 0 atom stereocenters. The van der Waals surface area contributed by atoms with E-state index in [1.807, 2.05) is 0 Å². The zero-order valence-corrected chi connectivity index (χ0v) is 15.4. The van der Waals surface area contributed by atoms with Crippen LogP contribution in [0.2, 0.25) is 0 Å². The predicted octanol–water partition coefficient (Wildman–Crippen LogP) is 2.73. The summed E-state index contributed by atoms with van der Waals surface area (Å²) in [6.45, 7) is 1.47. The number of sulfonamides is 1. The first-order valence-corrected chi connectivity index (χ1v) is 10.0. The smallest absolute Gasteiger partial charge is 0.286 e. The number of rotatable bonds is 4. The lowest BCUT2D eigenvalue weighted by Gasteiger charge is -2.17. The number of amides is 1. The van der Waals surface area contributed by atoms with Crippen molar-refractivity contribution in [2.24, 2.45) is 4.40 Å². The number of benzene rings is 2. The van der Waals surface area contributed by atoms with E-state index in [-0.39, 0.29) is 27.5 Å².